The van der Waals surface area contributed by atoms with Crippen molar-refractivity contribution in [3.05, 3.63) is 161 Å². The van der Waals surface area contributed by atoms with E-state index < -0.39 is 0 Å². The SMILES string of the molecule is OCc1ccc(/C=C/c2ccc(/C=C/c3ccc(N(c4ccccc4)c4ccccc4)cc3)cc2)cc1. The maximum Gasteiger partial charge on any atom is 0.0681 e. The lowest BCUT2D eigenvalue weighted by Gasteiger charge is -2.25. The molecule has 0 atom stereocenters. The summed E-state index contributed by atoms with van der Waals surface area (Å²) in [5.41, 5.74) is 8.88. The Morgan fingerprint density at radius 3 is 1.11 bits per heavy atom. The van der Waals surface area contributed by atoms with Crippen LogP contribution in [0.3, 0.4) is 0 Å². The van der Waals surface area contributed by atoms with Crippen molar-refractivity contribution in [3.63, 3.8) is 0 Å². The van der Waals surface area contributed by atoms with Crippen LogP contribution in [0.2, 0.25) is 0 Å². The predicted molar refractivity (Wildman–Crippen MR) is 158 cm³/mol. The molecule has 2 heteroatoms. The lowest BCUT2D eigenvalue weighted by atomic mass is 10.1. The average Bonchev–Trinajstić information content (AvgIpc) is 2.98. The van der Waals surface area contributed by atoms with Gasteiger partial charge < -0.3 is 10.0 Å². The van der Waals surface area contributed by atoms with Crippen LogP contribution in [0.4, 0.5) is 17.1 Å². The highest BCUT2D eigenvalue weighted by Gasteiger charge is 2.11. The van der Waals surface area contributed by atoms with Crippen LogP contribution in [0.15, 0.2) is 133 Å². The summed E-state index contributed by atoms with van der Waals surface area (Å²) < 4.78 is 0. The molecule has 0 saturated heterocycles. The Morgan fingerprint density at radius 2 is 0.730 bits per heavy atom. The zero-order valence-corrected chi connectivity index (χ0v) is 20.6. The number of aliphatic hydroxyl groups excluding tert-OH is 1. The summed E-state index contributed by atoms with van der Waals surface area (Å²) in [5, 5.41) is 9.17. The summed E-state index contributed by atoms with van der Waals surface area (Å²) in [4.78, 5) is 2.26. The maximum atomic E-state index is 9.17. The van der Waals surface area contributed by atoms with Crippen LogP contribution in [0.1, 0.15) is 27.8 Å². The molecule has 2 nitrogen and oxygen atoms in total. The number of aliphatic hydroxyl groups is 1. The van der Waals surface area contributed by atoms with E-state index in [4.69, 9.17) is 0 Å². The third-order valence-corrected chi connectivity index (χ3v) is 6.22. The minimum Gasteiger partial charge on any atom is -0.392 e. The first-order valence-corrected chi connectivity index (χ1v) is 12.4. The van der Waals surface area contributed by atoms with Crippen LogP contribution in [0, 0.1) is 0 Å². The van der Waals surface area contributed by atoms with Crippen molar-refractivity contribution in [3.8, 4) is 0 Å². The summed E-state index contributed by atoms with van der Waals surface area (Å²) in [6, 6.07) is 46.0. The van der Waals surface area contributed by atoms with Gasteiger partial charge in [0.1, 0.15) is 0 Å². The van der Waals surface area contributed by atoms with E-state index in [-0.39, 0.29) is 6.61 Å². The van der Waals surface area contributed by atoms with Crippen LogP contribution in [-0.4, -0.2) is 5.11 Å². The maximum absolute atomic E-state index is 9.17. The summed E-state index contributed by atoms with van der Waals surface area (Å²) in [5.74, 6) is 0. The van der Waals surface area contributed by atoms with Crippen molar-refractivity contribution in [2.45, 2.75) is 6.61 Å². The summed E-state index contributed by atoms with van der Waals surface area (Å²) in [7, 11) is 0. The number of hydrogen-bond donors (Lipinski definition) is 1. The first-order chi connectivity index (χ1) is 18.3. The van der Waals surface area contributed by atoms with Crippen molar-refractivity contribution < 1.29 is 5.11 Å². The molecular weight excluding hydrogens is 450 g/mol. The van der Waals surface area contributed by atoms with Gasteiger partial charge in [-0.2, -0.15) is 0 Å². The molecule has 0 fully saturated rings. The molecule has 0 saturated carbocycles. The molecule has 0 radical (unpaired) electrons. The van der Waals surface area contributed by atoms with E-state index in [1.807, 2.05) is 36.4 Å². The molecule has 0 bridgehead atoms. The minimum atomic E-state index is 0.0724. The molecular formula is C35H29NO. The second kappa shape index (κ2) is 11.9. The third kappa shape index (κ3) is 6.32. The van der Waals surface area contributed by atoms with Crippen molar-refractivity contribution in [2.75, 3.05) is 4.90 Å². The zero-order chi connectivity index (χ0) is 25.3. The van der Waals surface area contributed by atoms with E-state index in [9.17, 15) is 5.11 Å². The number of para-hydroxylation sites is 2. The van der Waals surface area contributed by atoms with Crippen molar-refractivity contribution >= 4 is 41.4 Å². The van der Waals surface area contributed by atoms with Crippen molar-refractivity contribution in [1.82, 2.24) is 0 Å². The quantitative estimate of drug-likeness (QED) is 0.224. The largest absolute Gasteiger partial charge is 0.392 e. The van der Waals surface area contributed by atoms with Gasteiger partial charge in [0.2, 0.25) is 0 Å². The molecule has 0 spiro atoms. The number of rotatable bonds is 8. The molecule has 5 rings (SSSR count). The lowest BCUT2D eigenvalue weighted by molar-refractivity contribution is 0.282. The van der Waals surface area contributed by atoms with Gasteiger partial charge in [-0.05, 0) is 64.2 Å². The van der Waals surface area contributed by atoms with Gasteiger partial charge in [0.05, 0.1) is 6.61 Å². The highest BCUT2D eigenvalue weighted by Crippen LogP contribution is 2.34. The van der Waals surface area contributed by atoms with Crippen LogP contribution in [0.5, 0.6) is 0 Å². The van der Waals surface area contributed by atoms with Crippen molar-refractivity contribution in [1.29, 1.82) is 0 Å². The van der Waals surface area contributed by atoms with Gasteiger partial charge in [0, 0.05) is 17.1 Å². The topological polar surface area (TPSA) is 23.5 Å². The van der Waals surface area contributed by atoms with Gasteiger partial charge >= 0.3 is 0 Å². The van der Waals surface area contributed by atoms with E-state index in [0.29, 0.717) is 0 Å². The number of anilines is 3. The fourth-order valence-corrected chi connectivity index (χ4v) is 4.17. The molecule has 0 unspecified atom stereocenters. The van der Waals surface area contributed by atoms with Crippen LogP contribution in [0.25, 0.3) is 24.3 Å². The Kier molecular flexibility index (Phi) is 7.70. The molecule has 0 amide bonds. The van der Waals surface area contributed by atoms with E-state index in [0.717, 1.165) is 44.9 Å². The van der Waals surface area contributed by atoms with Crippen LogP contribution >= 0.6 is 0 Å². The van der Waals surface area contributed by atoms with Crippen molar-refractivity contribution in [2.24, 2.45) is 0 Å². The highest BCUT2D eigenvalue weighted by atomic mass is 16.3. The molecule has 0 aromatic heterocycles. The van der Waals surface area contributed by atoms with Gasteiger partial charge in [-0.1, -0.05) is 121 Å². The van der Waals surface area contributed by atoms with E-state index in [1.54, 1.807) is 0 Å². The lowest BCUT2D eigenvalue weighted by Crippen LogP contribution is -2.09. The first-order valence-electron chi connectivity index (χ1n) is 12.4. The van der Waals surface area contributed by atoms with Gasteiger partial charge in [0.15, 0.2) is 0 Å². The van der Waals surface area contributed by atoms with Gasteiger partial charge in [-0.3, -0.25) is 0 Å². The molecule has 5 aromatic carbocycles. The van der Waals surface area contributed by atoms with Crippen LogP contribution in [-0.2, 0) is 6.61 Å². The molecule has 37 heavy (non-hydrogen) atoms. The van der Waals surface area contributed by atoms with Gasteiger partial charge in [-0.15, -0.1) is 0 Å². The normalized spacial score (nSPS) is 11.3. The zero-order valence-electron chi connectivity index (χ0n) is 20.6. The molecule has 0 aliphatic heterocycles. The third-order valence-electron chi connectivity index (χ3n) is 6.22. The first kappa shape index (κ1) is 24.1. The number of nitrogens with zero attached hydrogens (tertiary/aromatic N) is 1. The Balaban J connectivity index is 1.27. The Morgan fingerprint density at radius 1 is 0.405 bits per heavy atom. The summed E-state index contributed by atoms with van der Waals surface area (Å²) >= 11 is 0. The van der Waals surface area contributed by atoms with E-state index in [1.165, 1.54) is 0 Å². The molecule has 180 valence electrons. The average molecular weight is 480 g/mol. The Labute approximate surface area is 219 Å². The van der Waals surface area contributed by atoms with E-state index in [2.05, 4.69) is 126 Å². The second-order valence-electron chi connectivity index (χ2n) is 8.83. The summed E-state index contributed by atoms with van der Waals surface area (Å²) in [6.45, 7) is 0.0724. The second-order valence-corrected chi connectivity index (χ2v) is 8.83. The summed E-state index contributed by atoms with van der Waals surface area (Å²) in [6.07, 6.45) is 8.47. The Hall–Kier alpha value is -4.66. The van der Waals surface area contributed by atoms with E-state index >= 15 is 0 Å². The monoisotopic (exact) mass is 479 g/mol. The van der Waals surface area contributed by atoms with Gasteiger partial charge in [-0.25, -0.2) is 0 Å². The minimum absolute atomic E-state index is 0.0724. The molecule has 0 heterocycles. The molecule has 5 aromatic rings. The Bertz CT molecular complexity index is 1410. The highest BCUT2D eigenvalue weighted by molar-refractivity contribution is 5.78. The number of benzene rings is 5. The smallest absolute Gasteiger partial charge is 0.0681 e. The van der Waals surface area contributed by atoms with Gasteiger partial charge in [0.25, 0.3) is 0 Å². The fraction of sp³-hybridized carbons (Fsp3) is 0.0286. The predicted octanol–water partition coefficient (Wildman–Crippen LogP) is 8.99. The molecule has 0 aliphatic carbocycles. The number of hydrogen-bond acceptors (Lipinski definition) is 2. The fourth-order valence-electron chi connectivity index (χ4n) is 4.17. The standard InChI is InChI=1S/C35H29NO/c37-27-32-21-19-30(20-22-32)16-15-28-11-13-29(14-12-28)17-18-31-23-25-35(26-24-31)36(33-7-3-1-4-8-33)34-9-5-2-6-10-34/h1-26,37H,27H2/b16-15+,18-17+. The molecule has 0 aliphatic rings. The molecule has 1 N–H and O–H groups in total. The van der Waals surface area contributed by atoms with Crippen LogP contribution < -0.4 is 4.90 Å².